The first kappa shape index (κ1) is 15.2. The van der Waals surface area contributed by atoms with Gasteiger partial charge in [-0.25, -0.2) is 0 Å². The maximum atomic E-state index is 11.0. The molecule has 0 N–H and O–H groups in total. The summed E-state index contributed by atoms with van der Waals surface area (Å²) in [4.78, 5) is 10.7. The number of allylic oxidation sites excluding steroid dienone is 1. The Morgan fingerprint density at radius 2 is 2.00 bits per heavy atom. The third-order valence-corrected chi connectivity index (χ3v) is 2.54. The van der Waals surface area contributed by atoms with Crippen LogP contribution in [0.25, 0.3) is 6.08 Å². The summed E-state index contributed by atoms with van der Waals surface area (Å²) in [5.41, 5.74) is 1.08. The van der Waals surface area contributed by atoms with Gasteiger partial charge in [0.05, 0.1) is 11.5 Å². The van der Waals surface area contributed by atoms with Crippen LogP contribution >= 0.6 is 0 Å². The molecule has 0 aliphatic carbocycles. The average Bonchev–Trinajstić information content (AvgIpc) is 2.36. The second kappa shape index (κ2) is 7.56. The highest BCUT2D eigenvalue weighted by molar-refractivity contribution is 5.52. The smallest absolute Gasteiger partial charge is 0.247 e. The van der Waals surface area contributed by atoms with Gasteiger partial charge in [0, 0.05) is 12.5 Å². The number of ether oxygens (including phenoxy) is 1. The lowest BCUT2D eigenvalue weighted by molar-refractivity contribution is -0.427. The van der Waals surface area contributed by atoms with Crippen molar-refractivity contribution < 1.29 is 9.66 Å². The molecule has 4 nitrogen and oxygen atoms in total. The lowest BCUT2D eigenvalue weighted by atomic mass is 10.1. The van der Waals surface area contributed by atoms with Crippen molar-refractivity contribution in [1.82, 2.24) is 0 Å². The van der Waals surface area contributed by atoms with Gasteiger partial charge in [-0.15, -0.1) is 0 Å². The van der Waals surface area contributed by atoms with Crippen LogP contribution < -0.4 is 4.74 Å². The zero-order chi connectivity index (χ0) is 14.3. The van der Waals surface area contributed by atoms with E-state index in [2.05, 4.69) is 0 Å². The second-order valence-corrected chi connectivity index (χ2v) is 4.91. The van der Waals surface area contributed by atoms with Crippen LogP contribution in [0.2, 0.25) is 0 Å². The molecule has 1 aromatic rings. The number of benzene rings is 1. The van der Waals surface area contributed by atoms with Gasteiger partial charge >= 0.3 is 0 Å². The average molecular weight is 263 g/mol. The summed E-state index contributed by atoms with van der Waals surface area (Å²) in [5.74, 6) is 1.06. The Morgan fingerprint density at radius 3 is 2.47 bits per heavy atom. The van der Waals surface area contributed by atoms with Crippen LogP contribution in [0.15, 0.2) is 30.0 Å². The van der Waals surface area contributed by atoms with Crippen LogP contribution in [-0.4, -0.2) is 11.5 Å². The lowest BCUT2D eigenvalue weighted by Crippen LogP contribution is -2.02. The van der Waals surface area contributed by atoms with E-state index < -0.39 is 0 Å². The zero-order valence-electron chi connectivity index (χ0n) is 11.8. The molecule has 1 rings (SSSR count). The summed E-state index contributed by atoms with van der Waals surface area (Å²) in [6.45, 7) is 6.67. The molecule has 0 unspecified atom stereocenters. The fraction of sp³-hybridized carbons (Fsp3) is 0.467. The van der Waals surface area contributed by atoms with Crippen molar-refractivity contribution in [3.8, 4) is 5.75 Å². The third kappa shape index (κ3) is 5.55. The Morgan fingerprint density at radius 1 is 1.37 bits per heavy atom. The highest BCUT2D eigenvalue weighted by atomic mass is 16.6. The summed E-state index contributed by atoms with van der Waals surface area (Å²) in [7, 11) is 0. The highest BCUT2D eigenvalue weighted by Crippen LogP contribution is 2.18. The Hall–Kier alpha value is -1.84. The van der Waals surface area contributed by atoms with E-state index in [-0.39, 0.29) is 16.5 Å². The van der Waals surface area contributed by atoms with Crippen LogP contribution in [0, 0.1) is 16.0 Å². The van der Waals surface area contributed by atoms with E-state index in [1.54, 1.807) is 6.08 Å². The summed E-state index contributed by atoms with van der Waals surface area (Å²) >= 11 is 0. The van der Waals surface area contributed by atoms with E-state index in [0.29, 0.717) is 13.0 Å². The predicted octanol–water partition coefficient (Wildman–Crippen LogP) is 4.14. The molecule has 0 aromatic heterocycles. The van der Waals surface area contributed by atoms with Crippen molar-refractivity contribution in [2.45, 2.75) is 33.6 Å². The first-order valence-corrected chi connectivity index (χ1v) is 6.60. The van der Waals surface area contributed by atoms with Crippen molar-refractivity contribution in [3.63, 3.8) is 0 Å². The minimum absolute atomic E-state index is 0.247. The topological polar surface area (TPSA) is 52.4 Å². The SMILES string of the molecule is CCCOc1ccc(/C=C(/CC(C)C)[N+](=O)[O-])cc1. The lowest BCUT2D eigenvalue weighted by Gasteiger charge is -2.05. The van der Waals surface area contributed by atoms with Gasteiger partial charge in [-0.05, 0) is 30.0 Å². The minimum Gasteiger partial charge on any atom is -0.494 e. The molecule has 0 radical (unpaired) electrons. The van der Waals surface area contributed by atoms with Gasteiger partial charge < -0.3 is 4.74 Å². The molecule has 0 saturated carbocycles. The van der Waals surface area contributed by atoms with Crippen molar-refractivity contribution in [3.05, 3.63) is 45.6 Å². The van der Waals surface area contributed by atoms with Crippen molar-refractivity contribution in [2.75, 3.05) is 6.61 Å². The molecule has 0 fully saturated rings. The van der Waals surface area contributed by atoms with Gasteiger partial charge in [0.2, 0.25) is 5.70 Å². The molecule has 0 aliphatic heterocycles. The highest BCUT2D eigenvalue weighted by Gasteiger charge is 2.12. The van der Waals surface area contributed by atoms with E-state index in [4.69, 9.17) is 4.74 Å². The standard InChI is InChI=1S/C15H21NO3/c1-4-9-19-15-7-5-13(6-8-15)11-14(16(17)18)10-12(2)3/h5-8,11-12H,4,9-10H2,1-3H3/b14-11-. The summed E-state index contributed by atoms with van der Waals surface area (Å²) < 4.78 is 5.47. The Labute approximate surface area is 114 Å². The largest absolute Gasteiger partial charge is 0.494 e. The van der Waals surface area contributed by atoms with Crippen molar-refractivity contribution in [1.29, 1.82) is 0 Å². The Bertz CT molecular complexity index is 435. The minimum atomic E-state index is -0.304. The normalized spacial score (nSPS) is 11.7. The molecule has 0 bridgehead atoms. The van der Waals surface area contributed by atoms with E-state index in [0.717, 1.165) is 17.7 Å². The molecule has 4 heteroatoms. The number of nitro groups is 1. The van der Waals surface area contributed by atoms with Gasteiger partial charge in [0.15, 0.2) is 0 Å². The number of nitrogens with zero attached hydrogens (tertiary/aromatic N) is 1. The fourth-order valence-corrected chi connectivity index (χ4v) is 1.68. The van der Waals surface area contributed by atoms with E-state index >= 15 is 0 Å². The van der Waals surface area contributed by atoms with Gasteiger partial charge in [-0.3, -0.25) is 10.1 Å². The molecule has 0 atom stereocenters. The molecule has 19 heavy (non-hydrogen) atoms. The number of rotatable bonds is 7. The van der Waals surface area contributed by atoms with Gasteiger partial charge in [0.1, 0.15) is 5.75 Å². The Balaban J connectivity index is 2.80. The molecular weight excluding hydrogens is 242 g/mol. The molecule has 0 amide bonds. The van der Waals surface area contributed by atoms with Crippen LogP contribution in [0.3, 0.4) is 0 Å². The predicted molar refractivity (Wildman–Crippen MR) is 76.7 cm³/mol. The van der Waals surface area contributed by atoms with E-state index in [1.165, 1.54) is 0 Å². The summed E-state index contributed by atoms with van der Waals surface area (Å²) in [6, 6.07) is 7.37. The third-order valence-electron chi connectivity index (χ3n) is 2.54. The van der Waals surface area contributed by atoms with E-state index in [9.17, 15) is 10.1 Å². The van der Waals surface area contributed by atoms with Gasteiger partial charge in [0.25, 0.3) is 0 Å². The number of hydrogen-bond acceptors (Lipinski definition) is 3. The molecule has 0 heterocycles. The number of hydrogen-bond donors (Lipinski definition) is 0. The van der Waals surface area contributed by atoms with Gasteiger partial charge in [-0.2, -0.15) is 0 Å². The van der Waals surface area contributed by atoms with Crippen LogP contribution in [0.4, 0.5) is 0 Å². The van der Waals surface area contributed by atoms with Crippen molar-refractivity contribution >= 4 is 6.08 Å². The molecule has 0 spiro atoms. The molecule has 0 aliphatic rings. The molecule has 1 aromatic carbocycles. The van der Waals surface area contributed by atoms with Crippen LogP contribution in [0.1, 0.15) is 39.2 Å². The zero-order valence-corrected chi connectivity index (χ0v) is 11.8. The molecular formula is C15H21NO3. The first-order valence-electron chi connectivity index (χ1n) is 6.60. The summed E-state index contributed by atoms with van der Waals surface area (Å²) in [5, 5.41) is 11.0. The maximum Gasteiger partial charge on any atom is 0.247 e. The summed E-state index contributed by atoms with van der Waals surface area (Å²) in [6.07, 6.45) is 3.06. The quantitative estimate of drug-likeness (QED) is 0.548. The molecule has 0 saturated heterocycles. The second-order valence-electron chi connectivity index (χ2n) is 4.91. The Kier molecular flexibility index (Phi) is 6.06. The maximum absolute atomic E-state index is 11.0. The van der Waals surface area contributed by atoms with Crippen molar-refractivity contribution in [2.24, 2.45) is 5.92 Å². The van der Waals surface area contributed by atoms with Crippen LogP contribution in [-0.2, 0) is 0 Å². The first-order chi connectivity index (χ1) is 9.02. The monoisotopic (exact) mass is 263 g/mol. The van der Waals surface area contributed by atoms with E-state index in [1.807, 2.05) is 45.0 Å². The van der Waals surface area contributed by atoms with Crippen LogP contribution in [0.5, 0.6) is 5.75 Å². The molecule has 104 valence electrons. The fourth-order valence-electron chi connectivity index (χ4n) is 1.68. The van der Waals surface area contributed by atoms with Gasteiger partial charge in [-0.1, -0.05) is 32.9 Å².